The highest BCUT2D eigenvalue weighted by Crippen LogP contribution is 2.31. The van der Waals surface area contributed by atoms with Crippen LogP contribution in [-0.2, 0) is 11.2 Å². The zero-order valence-electron chi connectivity index (χ0n) is 12.8. The maximum Gasteiger partial charge on any atom is 0.124 e. The molecule has 2 nitrogen and oxygen atoms in total. The largest absolute Gasteiger partial charge is 0.383 e. The van der Waals surface area contributed by atoms with Crippen molar-refractivity contribution in [2.75, 3.05) is 26.8 Å². The lowest BCUT2D eigenvalue weighted by atomic mass is 9.74. The van der Waals surface area contributed by atoms with E-state index in [4.69, 9.17) is 4.74 Å². The normalized spacial score (nSPS) is 14.6. The summed E-state index contributed by atoms with van der Waals surface area (Å²) in [5.41, 5.74) is 1.11. The molecule has 1 rings (SSSR count). The first kappa shape index (κ1) is 17.6. The Morgan fingerprint density at radius 1 is 1.35 bits per heavy atom. The summed E-state index contributed by atoms with van der Waals surface area (Å²) in [7, 11) is 1.70. The van der Waals surface area contributed by atoms with E-state index in [1.807, 2.05) is 6.07 Å². The zero-order valence-corrected chi connectivity index (χ0v) is 14.4. The van der Waals surface area contributed by atoms with E-state index in [-0.39, 0.29) is 11.2 Å². The molecule has 0 aromatic heterocycles. The standard InChI is InChI=1S/C16H25BrFNO/c1-12(2)16(3,11-19-5-6-20-4)10-13-7-14(17)9-15(18)8-13/h7-9,12,19H,5-6,10-11H2,1-4H3. The third-order valence-electron chi connectivity index (χ3n) is 3.94. The van der Waals surface area contributed by atoms with Crippen molar-refractivity contribution in [1.29, 1.82) is 0 Å². The number of nitrogens with one attached hydrogen (secondary N) is 1. The molecule has 0 spiro atoms. The number of rotatable bonds is 8. The first-order valence-corrected chi connectivity index (χ1v) is 7.81. The maximum absolute atomic E-state index is 13.5. The average Bonchev–Trinajstić information content (AvgIpc) is 2.33. The second-order valence-electron chi connectivity index (χ2n) is 5.93. The number of hydrogen-bond donors (Lipinski definition) is 1. The van der Waals surface area contributed by atoms with E-state index in [2.05, 4.69) is 42.0 Å². The molecule has 1 unspecified atom stereocenters. The van der Waals surface area contributed by atoms with Crippen molar-refractivity contribution in [1.82, 2.24) is 5.32 Å². The molecule has 4 heteroatoms. The van der Waals surface area contributed by atoms with Crippen molar-refractivity contribution < 1.29 is 9.13 Å². The number of hydrogen-bond acceptors (Lipinski definition) is 2. The second-order valence-corrected chi connectivity index (χ2v) is 6.85. The van der Waals surface area contributed by atoms with Gasteiger partial charge in [0, 0.05) is 24.7 Å². The highest BCUT2D eigenvalue weighted by atomic mass is 79.9. The van der Waals surface area contributed by atoms with Crippen molar-refractivity contribution in [3.8, 4) is 0 Å². The van der Waals surface area contributed by atoms with Crippen LogP contribution in [0, 0.1) is 17.2 Å². The van der Waals surface area contributed by atoms with Crippen LogP contribution < -0.4 is 5.32 Å². The summed E-state index contributed by atoms with van der Waals surface area (Å²) in [6.45, 7) is 9.11. The average molecular weight is 346 g/mol. The van der Waals surface area contributed by atoms with Crippen molar-refractivity contribution in [2.45, 2.75) is 27.2 Å². The third-order valence-corrected chi connectivity index (χ3v) is 4.39. The Morgan fingerprint density at radius 2 is 2.05 bits per heavy atom. The van der Waals surface area contributed by atoms with Gasteiger partial charge in [0.15, 0.2) is 0 Å². The van der Waals surface area contributed by atoms with E-state index in [1.54, 1.807) is 13.2 Å². The summed E-state index contributed by atoms with van der Waals surface area (Å²) in [6.07, 6.45) is 0.848. The predicted octanol–water partition coefficient (Wildman–Crippen LogP) is 4.03. The molecule has 0 aliphatic carbocycles. The second kappa shape index (κ2) is 8.11. The topological polar surface area (TPSA) is 21.3 Å². The molecule has 1 N–H and O–H groups in total. The smallest absolute Gasteiger partial charge is 0.124 e. The molecule has 0 saturated carbocycles. The van der Waals surface area contributed by atoms with Gasteiger partial charge in [0.2, 0.25) is 0 Å². The molecule has 1 aromatic rings. The van der Waals surface area contributed by atoms with Crippen LogP contribution in [0.2, 0.25) is 0 Å². The summed E-state index contributed by atoms with van der Waals surface area (Å²) < 4.78 is 19.3. The van der Waals surface area contributed by atoms with Gasteiger partial charge in [-0.25, -0.2) is 4.39 Å². The summed E-state index contributed by atoms with van der Waals surface area (Å²) in [6, 6.07) is 5.12. The van der Waals surface area contributed by atoms with Gasteiger partial charge >= 0.3 is 0 Å². The molecule has 0 amide bonds. The number of methoxy groups -OCH3 is 1. The monoisotopic (exact) mass is 345 g/mol. The van der Waals surface area contributed by atoms with Crippen LogP contribution in [0.3, 0.4) is 0 Å². The molecule has 0 bridgehead atoms. The van der Waals surface area contributed by atoms with Crippen LogP contribution in [-0.4, -0.2) is 26.8 Å². The van der Waals surface area contributed by atoms with Crippen LogP contribution in [0.4, 0.5) is 4.39 Å². The van der Waals surface area contributed by atoms with E-state index < -0.39 is 0 Å². The van der Waals surface area contributed by atoms with Crippen LogP contribution >= 0.6 is 15.9 Å². The molecule has 0 aliphatic rings. The maximum atomic E-state index is 13.5. The molecule has 0 saturated heterocycles. The number of ether oxygens (including phenoxy) is 1. The van der Waals surface area contributed by atoms with E-state index in [9.17, 15) is 4.39 Å². The highest BCUT2D eigenvalue weighted by Gasteiger charge is 2.28. The third kappa shape index (κ3) is 5.51. The lowest BCUT2D eigenvalue weighted by molar-refractivity contribution is 0.175. The van der Waals surface area contributed by atoms with Crippen LogP contribution in [0.5, 0.6) is 0 Å². The van der Waals surface area contributed by atoms with Crippen LogP contribution in [0.1, 0.15) is 26.3 Å². The van der Waals surface area contributed by atoms with E-state index in [0.717, 1.165) is 29.5 Å². The highest BCUT2D eigenvalue weighted by molar-refractivity contribution is 9.10. The Labute approximate surface area is 130 Å². The van der Waals surface area contributed by atoms with E-state index >= 15 is 0 Å². The van der Waals surface area contributed by atoms with Crippen molar-refractivity contribution >= 4 is 15.9 Å². The molecule has 114 valence electrons. The summed E-state index contributed by atoms with van der Waals surface area (Å²) >= 11 is 3.36. The van der Waals surface area contributed by atoms with Crippen LogP contribution in [0.25, 0.3) is 0 Å². The molecule has 1 atom stereocenters. The Morgan fingerprint density at radius 3 is 2.60 bits per heavy atom. The summed E-state index contributed by atoms with van der Waals surface area (Å²) in [4.78, 5) is 0. The van der Waals surface area contributed by atoms with Gasteiger partial charge in [-0.3, -0.25) is 0 Å². The fraction of sp³-hybridized carbons (Fsp3) is 0.625. The van der Waals surface area contributed by atoms with Gasteiger partial charge in [-0.15, -0.1) is 0 Å². The molecule has 20 heavy (non-hydrogen) atoms. The van der Waals surface area contributed by atoms with Gasteiger partial charge < -0.3 is 10.1 Å². The lowest BCUT2D eigenvalue weighted by Crippen LogP contribution is -2.39. The quantitative estimate of drug-likeness (QED) is 0.718. The van der Waals surface area contributed by atoms with Crippen LogP contribution in [0.15, 0.2) is 22.7 Å². The van der Waals surface area contributed by atoms with Crippen molar-refractivity contribution in [3.63, 3.8) is 0 Å². The Bertz CT molecular complexity index is 405. The summed E-state index contributed by atoms with van der Waals surface area (Å²) in [5, 5.41) is 3.43. The fourth-order valence-corrected chi connectivity index (χ4v) is 2.71. The van der Waals surface area contributed by atoms with Crippen molar-refractivity contribution in [2.24, 2.45) is 11.3 Å². The summed E-state index contributed by atoms with van der Waals surface area (Å²) in [5.74, 6) is 0.312. The molecule has 0 radical (unpaired) electrons. The molecule has 1 aromatic carbocycles. The van der Waals surface area contributed by atoms with Gasteiger partial charge in [0.05, 0.1) is 6.61 Å². The minimum Gasteiger partial charge on any atom is -0.383 e. The van der Waals surface area contributed by atoms with Gasteiger partial charge in [0.25, 0.3) is 0 Å². The zero-order chi connectivity index (χ0) is 15.2. The Balaban J connectivity index is 2.74. The first-order chi connectivity index (χ1) is 9.37. The lowest BCUT2D eigenvalue weighted by Gasteiger charge is -2.34. The Hall–Kier alpha value is -0.450. The number of benzene rings is 1. The molecule has 0 aliphatic heterocycles. The first-order valence-electron chi connectivity index (χ1n) is 7.02. The number of halogens is 2. The molecular weight excluding hydrogens is 321 g/mol. The van der Waals surface area contributed by atoms with Gasteiger partial charge in [-0.05, 0) is 41.5 Å². The van der Waals surface area contributed by atoms with E-state index in [1.165, 1.54) is 6.07 Å². The minimum absolute atomic E-state index is 0.0843. The van der Waals surface area contributed by atoms with Gasteiger partial charge in [-0.1, -0.05) is 36.7 Å². The molecule has 0 heterocycles. The predicted molar refractivity (Wildman–Crippen MR) is 85.5 cm³/mol. The minimum atomic E-state index is -0.187. The Kier molecular flexibility index (Phi) is 7.13. The van der Waals surface area contributed by atoms with Gasteiger partial charge in [0.1, 0.15) is 5.82 Å². The van der Waals surface area contributed by atoms with E-state index in [0.29, 0.717) is 12.5 Å². The molecule has 0 fully saturated rings. The van der Waals surface area contributed by atoms with Crippen molar-refractivity contribution in [3.05, 3.63) is 34.1 Å². The fourth-order valence-electron chi connectivity index (χ4n) is 2.20. The molecular formula is C16H25BrFNO. The van der Waals surface area contributed by atoms with Gasteiger partial charge in [-0.2, -0.15) is 0 Å². The SMILES string of the molecule is COCCNCC(C)(Cc1cc(F)cc(Br)c1)C(C)C.